The van der Waals surface area contributed by atoms with E-state index in [1.165, 1.54) is 25.1 Å². The van der Waals surface area contributed by atoms with Gasteiger partial charge >= 0.3 is 6.18 Å². The van der Waals surface area contributed by atoms with E-state index < -0.39 is 32.7 Å². The number of benzene rings is 2. The van der Waals surface area contributed by atoms with E-state index in [1.807, 2.05) is 0 Å². The molecule has 5 nitrogen and oxygen atoms in total. The number of amides is 1. The van der Waals surface area contributed by atoms with Crippen LogP contribution in [0.4, 0.5) is 18.9 Å². The Bertz CT molecular complexity index is 944. The quantitative estimate of drug-likeness (QED) is 0.836. The summed E-state index contributed by atoms with van der Waals surface area (Å²) in [6.45, 7) is 1.50. The van der Waals surface area contributed by atoms with E-state index in [0.717, 1.165) is 12.1 Å². The third-order valence-electron chi connectivity index (χ3n) is 3.29. The van der Waals surface area contributed by atoms with Gasteiger partial charge in [-0.1, -0.05) is 17.7 Å². The zero-order valence-electron chi connectivity index (χ0n) is 12.7. The van der Waals surface area contributed by atoms with Crippen LogP contribution in [0, 0.1) is 6.92 Å². The predicted molar refractivity (Wildman–Crippen MR) is 87.0 cm³/mol. The van der Waals surface area contributed by atoms with Crippen LogP contribution in [0.3, 0.4) is 0 Å². The molecule has 0 aliphatic heterocycles. The highest BCUT2D eigenvalue weighted by molar-refractivity contribution is 7.89. The first-order valence-corrected chi connectivity index (χ1v) is 8.63. The van der Waals surface area contributed by atoms with Gasteiger partial charge in [-0.05, 0) is 42.8 Å². The molecule has 0 aliphatic carbocycles. The Morgan fingerprint density at radius 2 is 1.80 bits per heavy atom. The molecule has 0 saturated carbocycles. The van der Waals surface area contributed by atoms with Gasteiger partial charge in [0.05, 0.1) is 15.5 Å². The van der Waals surface area contributed by atoms with Crippen LogP contribution in [0.25, 0.3) is 0 Å². The molecule has 134 valence electrons. The highest BCUT2D eigenvalue weighted by atomic mass is 35.5. The van der Waals surface area contributed by atoms with Gasteiger partial charge in [0.25, 0.3) is 5.91 Å². The normalized spacial score (nSPS) is 12.1. The first-order chi connectivity index (χ1) is 11.4. The molecule has 0 saturated heterocycles. The maximum atomic E-state index is 12.8. The van der Waals surface area contributed by atoms with E-state index in [4.69, 9.17) is 16.7 Å². The van der Waals surface area contributed by atoms with Crippen molar-refractivity contribution in [3.63, 3.8) is 0 Å². The number of carbonyl (C=O) groups is 1. The minimum atomic E-state index is -4.68. The lowest BCUT2D eigenvalue weighted by atomic mass is 10.1. The van der Waals surface area contributed by atoms with E-state index in [-0.39, 0.29) is 16.1 Å². The summed E-state index contributed by atoms with van der Waals surface area (Å²) in [6, 6.07) is 6.66. The van der Waals surface area contributed by atoms with Gasteiger partial charge in [-0.2, -0.15) is 13.2 Å². The summed E-state index contributed by atoms with van der Waals surface area (Å²) in [7, 11) is -4.04. The fourth-order valence-corrected chi connectivity index (χ4v) is 3.10. The second-order valence-corrected chi connectivity index (χ2v) is 7.11. The van der Waals surface area contributed by atoms with Gasteiger partial charge in [-0.3, -0.25) is 4.79 Å². The molecule has 1 amide bonds. The van der Waals surface area contributed by atoms with Crippen LogP contribution in [-0.4, -0.2) is 14.3 Å². The maximum absolute atomic E-state index is 12.8. The molecule has 0 radical (unpaired) electrons. The van der Waals surface area contributed by atoms with Gasteiger partial charge in [-0.25, -0.2) is 13.6 Å². The van der Waals surface area contributed by atoms with Crippen LogP contribution in [0.2, 0.25) is 5.02 Å². The second kappa shape index (κ2) is 6.66. The van der Waals surface area contributed by atoms with Gasteiger partial charge in [-0.15, -0.1) is 0 Å². The third kappa shape index (κ3) is 4.50. The molecule has 25 heavy (non-hydrogen) atoms. The number of hydrogen-bond donors (Lipinski definition) is 2. The Morgan fingerprint density at radius 3 is 2.36 bits per heavy atom. The lowest BCUT2D eigenvalue weighted by molar-refractivity contribution is -0.137. The molecule has 0 aliphatic rings. The lowest BCUT2D eigenvalue weighted by Crippen LogP contribution is -2.17. The summed E-state index contributed by atoms with van der Waals surface area (Å²) >= 11 is 5.51. The second-order valence-electron chi connectivity index (χ2n) is 5.17. The number of primary sulfonamides is 1. The highest BCUT2D eigenvalue weighted by Crippen LogP contribution is 2.36. The van der Waals surface area contributed by atoms with Crippen LogP contribution in [0.5, 0.6) is 0 Å². The van der Waals surface area contributed by atoms with Gasteiger partial charge in [0, 0.05) is 11.3 Å². The predicted octanol–water partition coefficient (Wildman–Crippen LogP) is 3.57. The Kier molecular flexibility index (Phi) is 5.12. The number of nitrogens with one attached hydrogen (secondary N) is 1. The molecule has 0 heterocycles. The molecule has 2 rings (SSSR count). The number of halogens is 4. The molecule has 0 bridgehead atoms. The Labute approximate surface area is 146 Å². The van der Waals surface area contributed by atoms with Crippen molar-refractivity contribution in [2.75, 3.05) is 5.32 Å². The van der Waals surface area contributed by atoms with Crippen LogP contribution in [0.1, 0.15) is 21.5 Å². The van der Waals surface area contributed by atoms with Crippen LogP contribution in [-0.2, 0) is 16.2 Å². The number of sulfonamides is 1. The fourth-order valence-electron chi connectivity index (χ4n) is 2.07. The van der Waals surface area contributed by atoms with E-state index in [9.17, 15) is 26.4 Å². The first kappa shape index (κ1) is 19.2. The molecular formula is C15H12ClF3N2O3S. The highest BCUT2D eigenvalue weighted by Gasteiger charge is 2.33. The molecule has 0 spiro atoms. The Hall–Kier alpha value is -2.10. The molecule has 2 aromatic rings. The van der Waals surface area contributed by atoms with Crippen LogP contribution in [0.15, 0.2) is 41.3 Å². The monoisotopic (exact) mass is 392 g/mol. The number of nitrogens with two attached hydrogens (primary N) is 1. The third-order valence-corrected chi connectivity index (χ3v) is 4.67. The van der Waals surface area contributed by atoms with Crippen molar-refractivity contribution < 1.29 is 26.4 Å². The van der Waals surface area contributed by atoms with Gasteiger partial charge in [0.2, 0.25) is 10.0 Å². The molecule has 0 fully saturated rings. The molecule has 10 heteroatoms. The zero-order chi connectivity index (χ0) is 19.0. The number of carbonyl (C=O) groups excluding carboxylic acids is 1. The smallest absolute Gasteiger partial charge is 0.322 e. The maximum Gasteiger partial charge on any atom is 0.417 e. The standard InChI is InChI=1S/C15H12ClF3N2O3S/c1-8-2-3-9(6-13(8)25(20,23)24)14(22)21-10-4-5-12(16)11(7-10)15(17,18)19/h2-7H,1H3,(H,21,22)(H2,20,23,24). The molecule has 0 aromatic heterocycles. The molecule has 0 atom stereocenters. The van der Waals surface area contributed by atoms with Gasteiger partial charge in [0.1, 0.15) is 0 Å². The molecule has 2 aromatic carbocycles. The minimum Gasteiger partial charge on any atom is -0.322 e. The summed E-state index contributed by atoms with van der Waals surface area (Å²) in [4.78, 5) is 11.9. The fraction of sp³-hybridized carbons (Fsp3) is 0.133. The van der Waals surface area contributed by atoms with Gasteiger partial charge < -0.3 is 5.32 Å². The van der Waals surface area contributed by atoms with Crippen molar-refractivity contribution in [3.05, 3.63) is 58.1 Å². The van der Waals surface area contributed by atoms with Crippen molar-refractivity contribution in [3.8, 4) is 0 Å². The number of alkyl halides is 3. The van der Waals surface area contributed by atoms with E-state index in [1.54, 1.807) is 0 Å². The number of anilines is 1. The van der Waals surface area contributed by atoms with Crippen molar-refractivity contribution in [1.82, 2.24) is 0 Å². The zero-order valence-corrected chi connectivity index (χ0v) is 14.3. The average molecular weight is 393 g/mol. The number of aryl methyl sites for hydroxylation is 1. The minimum absolute atomic E-state index is 0.0712. The number of rotatable bonds is 3. The van der Waals surface area contributed by atoms with E-state index >= 15 is 0 Å². The molecule has 0 unspecified atom stereocenters. The summed E-state index contributed by atoms with van der Waals surface area (Å²) in [5.41, 5.74) is -0.969. The SMILES string of the molecule is Cc1ccc(C(=O)Nc2ccc(Cl)c(C(F)(F)F)c2)cc1S(N)(=O)=O. The van der Waals surface area contributed by atoms with E-state index in [0.29, 0.717) is 11.6 Å². The summed E-state index contributed by atoms with van der Waals surface area (Å²) in [5, 5.41) is 6.82. The average Bonchev–Trinajstić information content (AvgIpc) is 2.47. The van der Waals surface area contributed by atoms with Crippen molar-refractivity contribution in [1.29, 1.82) is 0 Å². The summed E-state index contributed by atoms with van der Waals surface area (Å²) in [6.07, 6.45) is -4.68. The van der Waals surface area contributed by atoms with Gasteiger partial charge in [0.15, 0.2) is 0 Å². The van der Waals surface area contributed by atoms with Crippen molar-refractivity contribution in [2.45, 2.75) is 18.0 Å². The largest absolute Gasteiger partial charge is 0.417 e. The molecule has 3 N–H and O–H groups in total. The summed E-state index contributed by atoms with van der Waals surface area (Å²) < 4.78 is 61.5. The first-order valence-electron chi connectivity index (χ1n) is 6.71. The Balaban J connectivity index is 2.35. The van der Waals surface area contributed by atoms with Crippen molar-refractivity contribution in [2.24, 2.45) is 5.14 Å². The number of hydrogen-bond acceptors (Lipinski definition) is 3. The topological polar surface area (TPSA) is 89.3 Å². The van der Waals surface area contributed by atoms with Crippen LogP contribution < -0.4 is 10.5 Å². The molecular weight excluding hydrogens is 381 g/mol. The Morgan fingerprint density at radius 1 is 1.16 bits per heavy atom. The summed E-state index contributed by atoms with van der Waals surface area (Å²) in [5.74, 6) is -0.791. The van der Waals surface area contributed by atoms with Crippen LogP contribution >= 0.6 is 11.6 Å². The lowest BCUT2D eigenvalue weighted by Gasteiger charge is -2.12. The van der Waals surface area contributed by atoms with Crippen molar-refractivity contribution >= 4 is 33.2 Å². The van der Waals surface area contributed by atoms with E-state index in [2.05, 4.69) is 5.32 Å².